The largest absolute Gasteiger partial charge is 0.486 e. The van der Waals surface area contributed by atoms with Gasteiger partial charge in [0.15, 0.2) is 5.76 Å². The second-order valence-corrected chi connectivity index (χ2v) is 10.3. The van der Waals surface area contributed by atoms with E-state index in [4.69, 9.17) is 19.3 Å². The molecular formula is C29H24F3N3O5S. The van der Waals surface area contributed by atoms with Crippen LogP contribution in [0.3, 0.4) is 0 Å². The molecule has 5 rings (SSSR count). The van der Waals surface area contributed by atoms with Gasteiger partial charge in [-0.2, -0.15) is 13.2 Å². The Balaban J connectivity index is 1.42. The molecule has 2 amide bonds. The van der Waals surface area contributed by atoms with E-state index in [1.165, 1.54) is 30.0 Å². The minimum Gasteiger partial charge on any atom is -0.486 e. The van der Waals surface area contributed by atoms with Crippen molar-refractivity contribution in [3.8, 4) is 17.1 Å². The normalized spacial score (nSPS) is 12.4. The number of nitrogens with zero attached hydrogens (tertiary/aromatic N) is 1. The number of primary amides is 1. The van der Waals surface area contributed by atoms with Gasteiger partial charge in [0.2, 0.25) is 0 Å². The number of amides is 2. The Morgan fingerprint density at radius 3 is 2.54 bits per heavy atom. The zero-order chi connectivity index (χ0) is 29.3. The quantitative estimate of drug-likeness (QED) is 0.184. The number of nitrogens with one attached hydrogen (secondary N) is 1. The maximum atomic E-state index is 13.6. The fraction of sp³-hybridized carbons (Fsp3) is 0.207. The van der Waals surface area contributed by atoms with Crippen molar-refractivity contribution in [2.24, 2.45) is 5.73 Å². The van der Waals surface area contributed by atoms with Crippen molar-refractivity contribution in [1.82, 2.24) is 4.98 Å². The summed E-state index contributed by atoms with van der Waals surface area (Å²) < 4.78 is 57.6. The molecule has 1 atom stereocenters. The third-order valence-corrected chi connectivity index (χ3v) is 7.63. The van der Waals surface area contributed by atoms with Crippen molar-refractivity contribution in [1.29, 1.82) is 0 Å². The molecule has 1 unspecified atom stereocenters. The molecule has 3 N–H and O–H groups in total. The standard InChI is InChI=1S/C29H24F3N3O5S/c1-3-15(2)16-6-8-17(9-7-16)39-14-18-10-11-21(40-18)27(37)35-24-23-19(20-5-4-12-38-20)13-22(29(30,31)32)34-28(23)41-25(24)26(33)36/h4-13,15H,3,14H2,1-2H3,(H2,33,36)(H,35,37). The number of nitrogens with two attached hydrogens (primary N) is 1. The first-order chi connectivity index (χ1) is 19.5. The van der Waals surface area contributed by atoms with Crippen molar-refractivity contribution >= 4 is 39.1 Å². The Bertz CT molecular complexity index is 1710. The van der Waals surface area contributed by atoms with Crippen LogP contribution in [0.25, 0.3) is 21.5 Å². The summed E-state index contributed by atoms with van der Waals surface area (Å²) in [5.41, 5.74) is 5.44. The maximum Gasteiger partial charge on any atom is 0.433 e. The van der Waals surface area contributed by atoms with E-state index in [1.807, 2.05) is 24.3 Å². The van der Waals surface area contributed by atoms with E-state index in [1.54, 1.807) is 6.07 Å². The van der Waals surface area contributed by atoms with Gasteiger partial charge in [0, 0.05) is 10.9 Å². The first-order valence-electron chi connectivity index (χ1n) is 12.6. The van der Waals surface area contributed by atoms with E-state index in [0.29, 0.717) is 28.8 Å². The lowest BCUT2D eigenvalue weighted by Gasteiger charge is -2.11. The number of halogens is 3. The number of furan rings is 2. The number of rotatable bonds is 9. The van der Waals surface area contributed by atoms with Gasteiger partial charge in [-0.25, -0.2) is 4.98 Å². The molecule has 0 fully saturated rings. The molecule has 1 aromatic carbocycles. The van der Waals surface area contributed by atoms with Gasteiger partial charge >= 0.3 is 6.18 Å². The maximum absolute atomic E-state index is 13.6. The summed E-state index contributed by atoms with van der Waals surface area (Å²) in [6, 6.07) is 14.5. The van der Waals surface area contributed by atoms with Gasteiger partial charge in [-0.1, -0.05) is 26.0 Å². The molecule has 5 aromatic rings. The number of ether oxygens (including phenoxy) is 1. The molecule has 0 bridgehead atoms. The van der Waals surface area contributed by atoms with Crippen LogP contribution in [0.4, 0.5) is 18.9 Å². The highest BCUT2D eigenvalue weighted by molar-refractivity contribution is 7.21. The molecule has 0 saturated carbocycles. The van der Waals surface area contributed by atoms with Gasteiger partial charge in [-0.3, -0.25) is 9.59 Å². The van der Waals surface area contributed by atoms with Crippen molar-refractivity contribution in [2.45, 2.75) is 39.0 Å². The van der Waals surface area contributed by atoms with Crippen LogP contribution < -0.4 is 15.8 Å². The number of benzene rings is 1. The number of hydrogen-bond acceptors (Lipinski definition) is 7. The molecule has 0 aliphatic rings. The number of carbonyl (C=O) groups excluding carboxylic acids is 2. The van der Waals surface area contributed by atoms with E-state index in [0.717, 1.165) is 12.5 Å². The molecule has 212 valence electrons. The summed E-state index contributed by atoms with van der Waals surface area (Å²) >= 11 is 0.633. The summed E-state index contributed by atoms with van der Waals surface area (Å²) in [5.74, 6) is -0.294. The van der Waals surface area contributed by atoms with Crippen LogP contribution in [0.15, 0.2) is 69.7 Å². The third kappa shape index (κ3) is 5.82. The zero-order valence-electron chi connectivity index (χ0n) is 21.9. The highest BCUT2D eigenvalue weighted by Crippen LogP contribution is 2.44. The zero-order valence-corrected chi connectivity index (χ0v) is 22.7. The second kappa shape index (κ2) is 11.1. The van der Waals surface area contributed by atoms with Crippen LogP contribution in [0.5, 0.6) is 5.75 Å². The van der Waals surface area contributed by atoms with Crippen LogP contribution in [-0.4, -0.2) is 16.8 Å². The van der Waals surface area contributed by atoms with Crippen LogP contribution in [0, 0.1) is 0 Å². The lowest BCUT2D eigenvalue weighted by Crippen LogP contribution is -2.16. The first kappa shape index (κ1) is 28.0. The van der Waals surface area contributed by atoms with Gasteiger partial charge in [0.25, 0.3) is 11.8 Å². The fourth-order valence-electron chi connectivity index (χ4n) is 4.20. The van der Waals surface area contributed by atoms with Crippen LogP contribution in [-0.2, 0) is 12.8 Å². The number of hydrogen-bond donors (Lipinski definition) is 2. The van der Waals surface area contributed by atoms with Gasteiger partial charge < -0.3 is 24.6 Å². The molecule has 8 nitrogen and oxygen atoms in total. The topological polar surface area (TPSA) is 121 Å². The van der Waals surface area contributed by atoms with Crippen LogP contribution in [0.2, 0.25) is 0 Å². The number of fused-ring (bicyclic) bond motifs is 1. The van der Waals surface area contributed by atoms with Crippen LogP contribution in [0.1, 0.15) is 63.4 Å². The Labute approximate surface area is 235 Å². The number of alkyl halides is 3. The van der Waals surface area contributed by atoms with Crippen molar-refractivity contribution in [3.63, 3.8) is 0 Å². The minimum atomic E-state index is -4.77. The Hall–Kier alpha value is -4.58. The summed E-state index contributed by atoms with van der Waals surface area (Å²) in [6.45, 7) is 4.31. The smallest absolute Gasteiger partial charge is 0.433 e. The van der Waals surface area contributed by atoms with Gasteiger partial charge in [0.1, 0.15) is 39.3 Å². The van der Waals surface area contributed by atoms with Crippen molar-refractivity contribution < 1.29 is 36.3 Å². The SMILES string of the molecule is CCC(C)c1ccc(OCc2ccc(C(=O)Nc3c(C(N)=O)sc4nc(C(F)(F)F)cc(-c5ccco5)c34)o2)cc1. The van der Waals surface area contributed by atoms with Crippen molar-refractivity contribution in [2.75, 3.05) is 5.32 Å². The van der Waals surface area contributed by atoms with Crippen molar-refractivity contribution in [3.05, 3.63) is 88.5 Å². The van der Waals surface area contributed by atoms with Gasteiger partial charge in [-0.05, 0) is 60.4 Å². The summed E-state index contributed by atoms with van der Waals surface area (Å²) in [5, 5.41) is 2.65. The number of pyridine rings is 1. The molecule has 0 aliphatic heterocycles. The highest BCUT2D eigenvalue weighted by Gasteiger charge is 2.35. The number of aromatic nitrogens is 1. The summed E-state index contributed by atoms with van der Waals surface area (Å²) in [4.78, 5) is 28.8. The second-order valence-electron chi connectivity index (χ2n) is 9.27. The molecule has 4 heterocycles. The average Bonchev–Trinajstić information content (AvgIpc) is 3.71. The van der Waals surface area contributed by atoms with E-state index < -0.39 is 23.7 Å². The summed E-state index contributed by atoms with van der Waals surface area (Å²) in [7, 11) is 0. The Morgan fingerprint density at radius 2 is 1.90 bits per heavy atom. The van der Waals surface area contributed by atoms with E-state index in [2.05, 4.69) is 24.1 Å². The Kier molecular flexibility index (Phi) is 7.59. The third-order valence-electron chi connectivity index (χ3n) is 6.53. The number of thiophene rings is 1. The number of anilines is 1. The molecule has 0 saturated heterocycles. The fourth-order valence-corrected chi connectivity index (χ4v) is 5.21. The number of carbonyl (C=O) groups is 2. The average molecular weight is 584 g/mol. The minimum absolute atomic E-state index is 0.0146. The van der Waals surface area contributed by atoms with E-state index in [9.17, 15) is 22.8 Å². The highest BCUT2D eigenvalue weighted by atomic mass is 32.1. The molecule has 0 aliphatic carbocycles. The molecular weight excluding hydrogens is 559 g/mol. The predicted molar refractivity (Wildman–Crippen MR) is 147 cm³/mol. The Morgan fingerprint density at radius 1 is 1.15 bits per heavy atom. The molecule has 4 aromatic heterocycles. The van der Waals surface area contributed by atoms with Gasteiger partial charge in [-0.15, -0.1) is 11.3 Å². The van der Waals surface area contributed by atoms with E-state index in [-0.39, 0.29) is 44.5 Å². The van der Waals surface area contributed by atoms with Crippen LogP contribution >= 0.6 is 11.3 Å². The lowest BCUT2D eigenvalue weighted by atomic mass is 9.99. The molecule has 41 heavy (non-hydrogen) atoms. The first-order valence-corrected chi connectivity index (χ1v) is 13.4. The van der Waals surface area contributed by atoms with E-state index >= 15 is 0 Å². The molecule has 12 heteroatoms. The summed E-state index contributed by atoms with van der Waals surface area (Å²) in [6.07, 6.45) is -2.45. The lowest BCUT2D eigenvalue weighted by molar-refractivity contribution is -0.140. The monoisotopic (exact) mass is 583 g/mol. The van der Waals surface area contributed by atoms with Gasteiger partial charge in [0.05, 0.1) is 12.0 Å². The predicted octanol–water partition coefficient (Wildman–Crippen LogP) is 7.61. The molecule has 0 spiro atoms. The molecule has 0 radical (unpaired) electrons.